The van der Waals surface area contributed by atoms with Crippen LogP contribution in [0.15, 0.2) is 53.4 Å². The zero-order valence-electron chi connectivity index (χ0n) is 14.8. The Hall–Kier alpha value is -2.87. The van der Waals surface area contributed by atoms with Gasteiger partial charge in [0.05, 0.1) is 17.2 Å². The molecule has 1 aliphatic rings. The van der Waals surface area contributed by atoms with Gasteiger partial charge in [-0.15, -0.1) is 0 Å². The topological polar surface area (TPSA) is 92.8 Å². The lowest BCUT2D eigenvalue weighted by Crippen LogP contribution is -2.35. The zero-order chi connectivity index (χ0) is 19.4. The molecule has 142 valence electrons. The molecule has 1 aliphatic heterocycles. The standard InChI is InChI=1S/C19H20N2O5S/c1-2-26-19(23)18(22)20-15-9-11-16(12-10-15)27(24,25)21-13-5-7-14-6-3-4-8-17(14)21/h3-4,6,8-12H,2,5,7,13H2,1H3,(H,20,22). The van der Waals surface area contributed by atoms with Crippen LogP contribution in [0.25, 0.3) is 0 Å². The number of para-hydroxylation sites is 1. The first-order valence-corrected chi connectivity index (χ1v) is 10.1. The molecule has 7 nitrogen and oxygen atoms in total. The zero-order valence-corrected chi connectivity index (χ0v) is 15.7. The first-order chi connectivity index (χ1) is 12.9. The first kappa shape index (κ1) is 18.9. The number of rotatable bonds is 4. The fraction of sp³-hybridized carbons (Fsp3) is 0.263. The lowest BCUT2D eigenvalue weighted by atomic mass is 10.0. The van der Waals surface area contributed by atoms with E-state index in [1.165, 1.54) is 28.6 Å². The smallest absolute Gasteiger partial charge is 0.397 e. The second-order valence-corrected chi connectivity index (χ2v) is 7.87. The van der Waals surface area contributed by atoms with Crippen molar-refractivity contribution >= 4 is 33.3 Å². The van der Waals surface area contributed by atoms with Crippen LogP contribution in [0.2, 0.25) is 0 Å². The molecule has 3 rings (SSSR count). The summed E-state index contributed by atoms with van der Waals surface area (Å²) in [5, 5.41) is 2.38. The summed E-state index contributed by atoms with van der Waals surface area (Å²) in [5.41, 5.74) is 2.01. The van der Waals surface area contributed by atoms with E-state index >= 15 is 0 Å². The third-order valence-corrected chi connectivity index (χ3v) is 6.06. The summed E-state index contributed by atoms with van der Waals surface area (Å²) in [6.07, 6.45) is 1.60. The Morgan fingerprint density at radius 2 is 1.81 bits per heavy atom. The maximum atomic E-state index is 13.0. The van der Waals surface area contributed by atoms with Gasteiger partial charge in [-0.2, -0.15) is 0 Å². The van der Waals surface area contributed by atoms with Crippen molar-refractivity contribution in [3.05, 3.63) is 54.1 Å². The molecule has 0 radical (unpaired) electrons. The lowest BCUT2D eigenvalue weighted by molar-refractivity contribution is -0.152. The van der Waals surface area contributed by atoms with Gasteiger partial charge in [0.15, 0.2) is 0 Å². The second-order valence-electron chi connectivity index (χ2n) is 6.01. The predicted octanol–water partition coefficient (Wildman–Crippen LogP) is 2.33. The fourth-order valence-electron chi connectivity index (χ4n) is 2.97. The number of carbonyl (C=O) groups is 2. The van der Waals surface area contributed by atoms with Crippen molar-refractivity contribution in [3.63, 3.8) is 0 Å². The Kier molecular flexibility index (Phi) is 5.46. The van der Waals surface area contributed by atoms with Crippen molar-refractivity contribution in [1.82, 2.24) is 0 Å². The molecular formula is C19H20N2O5S. The minimum absolute atomic E-state index is 0.0980. The van der Waals surface area contributed by atoms with Crippen LogP contribution < -0.4 is 9.62 Å². The normalized spacial score (nSPS) is 13.6. The van der Waals surface area contributed by atoms with Crippen LogP contribution in [0.1, 0.15) is 18.9 Å². The SMILES string of the molecule is CCOC(=O)C(=O)Nc1ccc(S(=O)(=O)N2CCCc3ccccc32)cc1. The average molecular weight is 388 g/mol. The molecule has 0 aromatic heterocycles. The highest BCUT2D eigenvalue weighted by Crippen LogP contribution is 2.32. The highest BCUT2D eigenvalue weighted by Gasteiger charge is 2.28. The quantitative estimate of drug-likeness (QED) is 0.641. The second kappa shape index (κ2) is 7.79. The molecular weight excluding hydrogens is 368 g/mol. The largest absolute Gasteiger partial charge is 0.459 e. The summed E-state index contributed by atoms with van der Waals surface area (Å²) in [6.45, 7) is 2.12. The number of benzene rings is 2. The summed E-state index contributed by atoms with van der Waals surface area (Å²) in [6, 6.07) is 13.2. The molecule has 0 spiro atoms. The maximum absolute atomic E-state index is 13.0. The summed E-state index contributed by atoms with van der Waals surface area (Å²) in [4.78, 5) is 23.1. The monoisotopic (exact) mass is 388 g/mol. The van der Waals surface area contributed by atoms with Crippen LogP contribution in [0.5, 0.6) is 0 Å². The molecule has 0 unspecified atom stereocenters. The molecule has 1 heterocycles. The number of nitrogens with one attached hydrogen (secondary N) is 1. The van der Waals surface area contributed by atoms with Crippen molar-refractivity contribution in [2.75, 3.05) is 22.8 Å². The van der Waals surface area contributed by atoms with Crippen molar-refractivity contribution in [3.8, 4) is 0 Å². The van der Waals surface area contributed by atoms with Crippen LogP contribution in [0.3, 0.4) is 0 Å². The molecule has 0 atom stereocenters. The number of hydrogen-bond acceptors (Lipinski definition) is 5. The van der Waals surface area contributed by atoms with E-state index in [9.17, 15) is 18.0 Å². The first-order valence-electron chi connectivity index (χ1n) is 8.62. The van der Waals surface area contributed by atoms with Gasteiger partial charge in [0.2, 0.25) is 0 Å². The molecule has 1 N–H and O–H groups in total. The Balaban J connectivity index is 1.81. The Morgan fingerprint density at radius 1 is 1.11 bits per heavy atom. The van der Waals surface area contributed by atoms with E-state index < -0.39 is 21.9 Å². The van der Waals surface area contributed by atoms with Gasteiger partial charge < -0.3 is 10.1 Å². The van der Waals surface area contributed by atoms with Gasteiger partial charge in [0.1, 0.15) is 0 Å². The highest BCUT2D eigenvalue weighted by molar-refractivity contribution is 7.92. The molecule has 0 aliphatic carbocycles. The Bertz CT molecular complexity index is 954. The molecule has 0 saturated heterocycles. The van der Waals surface area contributed by atoms with E-state index in [0.29, 0.717) is 17.9 Å². The van der Waals surface area contributed by atoms with Gasteiger partial charge in [-0.25, -0.2) is 13.2 Å². The van der Waals surface area contributed by atoms with E-state index in [2.05, 4.69) is 10.1 Å². The molecule has 8 heteroatoms. The highest BCUT2D eigenvalue weighted by atomic mass is 32.2. The molecule has 0 saturated carbocycles. The van der Waals surface area contributed by atoms with Crippen molar-refractivity contribution in [2.45, 2.75) is 24.7 Å². The van der Waals surface area contributed by atoms with Crippen LogP contribution in [-0.2, 0) is 30.8 Å². The molecule has 0 fully saturated rings. The number of sulfonamides is 1. The molecule has 0 bridgehead atoms. The number of esters is 1. The van der Waals surface area contributed by atoms with Crippen LogP contribution in [0.4, 0.5) is 11.4 Å². The van der Waals surface area contributed by atoms with Crippen molar-refractivity contribution in [1.29, 1.82) is 0 Å². The summed E-state index contributed by atoms with van der Waals surface area (Å²) >= 11 is 0. The lowest BCUT2D eigenvalue weighted by Gasteiger charge is -2.30. The van der Waals surface area contributed by atoms with Crippen LogP contribution in [0, 0.1) is 0 Å². The maximum Gasteiger partial charge on any atom is 0.397 e. The Labute approximate surface area is 158 Å². The predicted molar refractivity (Wildman–Crippen MR) is 101 cm³/mol. The minimum Gasteiger partial charge on any atom is -0.459 e. The Morgan fingerprint density at radius 3 is 2.52 bits per heavy atom. The molecule has 27 heavy (non-hydrogen) atoms. The van der Waals surface area contributed by atoms with E-state index in [-0.39, 0.29) is 11.5 Å². The number of carbonyl (C=O) groups excluding carboxylic acids is 2. The van der Waals surface area contributed by atoms with Gasteiger partial charge in [0, 0.05) is 12.2 Å². The van der Waals surface area contributed by atoms with Crippen LogP contribution >= 0.6 is 0 Å². The fourth-order valence-corrected chi connectivity index (χ4v) is 4.51. The summed E-state index contributed by atoms with van der Waals surface area (Å²) in [7, 11) is -3.72. The average Bonchev–Trinajstić information content (AvgIpc) is 2.68. The summed E-state index contributed by atoms with van der Waals surface area (Å²) in [5.74, 6) is -1.89. The number of fused-ring (bicyclic) bond motifs is 1. The van der Waals surface area contributed by atoms with Gasteiger partial charge in [0.25, 0.3) is 10.0 Å². The van der Waals surface area contributed by atoms with Crippen LogP contribution in [-0.4, -0.2) is 33.4 Å². The van der Waals surface area contributed by atoms with Gasteiger partial charge >= 0.3 is 11.9 Å². The number of aryl methyl sites for hydroxylation is 1. The van der Waals surface area contributed by atoms with E-state index in [0.717, 1.165) is 18.4 Å². The van der Waals surface area contributed by atoms with Crippen molar-refractivity contribution < 1.29 is 22.7 Å². The van der Waals surface area contributed by atoms with Gasteiger partial charge in [-0.1, -0.05) is 18.2 Å². The van der Waals surface area contributed by atoms with E-state index in [4.69, 9.17) is 0 Å². The number of anilines is 2. The van der Waals surface area contributed by atoms with Gasteiger partial charge in [-0.3, -0.25) is 9.10 Å². The number of nitrogens with zero attached hydrogens (tertiary/aromatic N) is 1. The number of ether oxygens (including phenoxy) is 1. The van der Waals surface area contributed by atoms with Gasteiger partial charge in [-0.05, 0) is 55.7 Å². The molecule has 1 amide bonds. The van der Waals surface area contributed by atoms with Crippen molar-refractivity contribution in [2.24, 2.45) is 0 Å². The molecule has 2 aromatic carbocycles. The molecule has 2 aromatic rings. The number of hydrogen-bond donors (Lipinski definition) is 1. The minimum atomic E-state index is -3.72. The third kappa shape index (κ3) is 3.95. The summed E-state index contributed by atoms with van der Waals surface area (Å²) < 4.78 is 32.1. The number of amides is 1. The third-order valence-electron chi connectivity index (χ3n) is 4.23. The van der Waals surface area contributed by atoms with E-state index in [1.54, 1.807) is 13.0 Å². The van der Waals surface area contributed by atoms with E-state index in [1.807, 2.05) is 18.2 Å².